The first kappa shape index (κ1) is 18.3. The smallest absolute Gasteiger partial charge is 0.265 e. The highest BCUT2D eigenvalue weighted by Crippen LogP contribution is 2.32. The van der Waals surface area contributed by atoms with Gasteiger partial charge in [-0.2, -0.15) is 0 Å². The molecule has 7 nitrogen and oxygen atoms in total. The van der Waals surface area contributed by atoms with E-state index >= 15 is 0 Å². The molecule has 29 heavy (non-hydrogen) atoms. The van der Waals surface area contributed by atoms with Crippen LogP contribution >= 0.6 is 39.5 Å². The van der Waals surface area contributed by atoms with Gasteiger partial charge in [-0.05, 0) is 48.1 Å². The van der Waals surface area contributed by atoms with Crippen molar-refractivity contribution in [2.24, 2.45) is 0 Å². The molecule has 0 radical (unpaired) electrons. The number of halogens is 1. The number of aromatic nitrogens is 2. The molecule has 0 spiro atoms. The van der Waals surface area contributed by atoms with E-state index in [9.17, 15) is 9.59 Å². The van der Waals surface area contributed by atoms with Crippen LogP contribution in [-0.4, -0.2) is 22.1 Å². The molecule has 0 aliphatic carbocycles. The number of fused-ring (bicyclic) bond motifs is 4. The van der Waals surface area contributed by atoms with Crippen LogP contribution in [0.4, 0.5) is 0 Å². The number of rotatable bonds is 3. The minimum atomic E-state index is -0.312. The quantitative estimate of drug-likeness (QED) is 0.425. The first-order valence-corrected chi connectivity index (χ1v) is 10.6. The first-order valence-electron chi connectivity index (χ1n) is 8.55. The van der Waals surface area contributed by atoms with E-state index in [1.165, 1.54) is 0 Å². The maximum atomic E-state index is 12.8. The number of aromatic amines is 1. The predicted molar refractivity (Wildman–Crippen MR) is 116 cm³/mol. The molecule has 1 amide bonds. The Bertz CT molecular complexity index is 1420. The largest absolute Gasteiger partial charge is 0.454 e. The highest BCUT2D eigenvalue weighted by atomic mass is 79.9. The van der Waals surface area contributed by atoms with E-state index in [0.717, 1.165) is 21.4 Å². The lowest BCUT2D eigenvalue weighted by Gasteiger charge is -2.06. The van der Waals surface area contributed by atoms with Gasteiger partial charge in [-0.15, -0.1) is 0 Å². The highest BCUT2D eigenvalue weighted by molar-refractivity contribution is 9.10. The van der Waals surface area contributed by atoms with E-state index in [1.54, 1.807) is 16.5 Å². The van der Waals surface area contributed by atoms with Gasteiger partial charge in [0.2, 0.25) is 6.79 Å². The zero-order chi connectivity index (χ0) is 20.1. The molecule has 5 rings (SSSR count). The van der Waals surface area contributed by atoms with Crippen LogP contribution in [-0.2, 0) is 6.54 Å². The van der Waals surface area contributed by atoms with Crippen LogP contribution in [0.3, 0.4) is 0 Å². The van der Waals surface area contributed by atoms with Gasteiger partial charge >= 0.3 is 0 Å². The molecule has 146 valence electrons. The van der Waals surface area contributed by atoms with Crippen molar-refractivity contribution in [1.82, 2.24) is 14.7 Å². The summed E-state index contributed by atoms with van der Waals surface area (Å²) in [7, 11) is 0. The molecule has 0 bridgehead atoms. The van der Waals surface area contributed by atoms with Crippen LogP contribution in [0, 0.1) is 3.95 Å². The summed E-state index contributed by atoms with van der Waals surface area (Å²) in [5.41, 5.74) is 1.64. The van der Waals surface area contributed by atoms with E-state index in [1.807, 2.05) is 24.3 Å². The number of ether oxygens (including phenoxy) is 2. The number of H-pyrrole nitrogens is 1. The molecule has 0 saturated carbocycles. The third kappa shape index (κ3) is 3.13. The monoisotopic (exact) mass is 489 g/mol. The van der Waals surface area contributed by atoms with E-state index < -0.39 is 0 Å². The van der Waals surface area contributed by atoms with Gasteiger partial charge in [-0.3, -0.25) is 14.0 Å². The molecular formula is C19H12BrN3O4S2. The van der Waals surface area contributed by atoms with Crippen molar-refractivity contribution in [1.29, 1.82) is 0 Å². The number of thiazole rings is 1. The second kappa shape index (κ2) is 6.97. The summed E-state index contributed by atoms with van der Waals surface area (Å²) in [6.07, 6.45) is 0. The zero-order valence-corrected chi connectivity index (χ0v) is 17.9. The lowest BCUT2D eigenvalue weighted by Crippen LogP contribution is -2.23. The van der Waals surface area contributed by atoms with Crippen molar-refractivity contribution in [2.45, 2.75) is 6.54 Å². The molecule has 0 atom stereocenters. The van der Waals surface area contributed by atoms with Crippen molar-refractivity contribution in [3.8, 4) is 11.5 Å². The Balaban J connectivity index is 1.51. The van der Waals surface area contributed by atoms with Gasteiger partial charge in [-0.1, -0.05) is 33.3 Å². The Hall–Kier alpha value is -2.69. The lowest BCUT2D eigenvalue weighted by atomic mass is 10.2. The summed E-state index contributed by atoms with van der Waals surface area (Å²) < 4.78 is 13.6. The Kier molecular flexibility index (Phi) is 4.41. The molecule has 0 unspecified atom stereocenters. The molecular weight excluding hydrogens is 478 g/mol. The molecule has 2 N–H and O–H groups in total. The Morgan fingerprint density at radius 3 is 2.93 bits per heavy atom. The molecule has 4 aromatic rings. The second-order valence-electron chi connectivity index (χ2n) is 6.37. The summed E-state index contributed by atoms with van der Waals surface area (Å²) in [6.45, 7) is 0.500. The van der Waals surface area contributed by atoms with Gasteiger partial charge in [0.1, 0.15) is 10.5 Å². The van der Waals surface area contributed by atoms with Gasteiger partial charge < -0.3 is 19.8 Å². The number of nitrogens with zero attached hydrogens (tertiary/aromatic N) is 1. The highest BCUT2D eigenvalue weighted by Gasteiger charge is 2.19. The summed E-state index contributed by atoms with van der Waals surface area (Å²) >= 11 is 10.00. The van der Waals surface area contributed by atoms with Crippen molar-refractivity contribution in [3.63, 3.8) is 0 Å². The first-order chi connectivity index (χ1) is 14.0. The van der Waals surface area contributed by atoms with Gasteiger partial charge in [0.25, 0.3) is 11.5 Å². The Labute approximate surface area is 181 Å². The van der Waals surface area contributed by atoms with Gasteiger partial charge in [0.15, 0.2) is 15.5 Å². The average molecular weight is 490 g/mol. The number of hydrogen-bond donors (Lipinski definition) is 2. The normalized spacial score (nSPS) is 12.6. The van der Waals surface area contributed by atoms with Crippen molar-refractivity contribution in [2.75, 3.05) is 6.79 Å². The number of nitrogens with one attached hydrogen (secondary N) is 2. The van der Waals surface area contributed by atoms with Crippen LogP contribution in [0.5, 0.6) is 11.5 Å². The van der Waals surface area contributed by atoms with Crippen molar-refractivity contribution in [3.05, 3.63) is 65.6 Å². The van der Waals surface area contributed by atoms with E-state index in [0.29, 0.717) is 43.4 Å². The lowest BCUT2D eigenvalue weighted by molar-refractivity contribution is 0.0956. The SMILES string of the molecule is O=C(NCc1ccc2c(c1)OCO2)c1sc(=S)n2c1[nH]c(=O)c1cc(Br)ccc12. The summed E-state index contributed by atoms with van der Waals surface area (Å²) in [6, 6.07) is 10.9. The number of hydrogen-bond acceptors (Lipinski definition) is 6. The number of amides is 1. The third-order valence-corrected chi connectivity index (χ3v) is 6.45. The third-order valence-electron chi connectivity index (χ3n) is 4.58. The number of benzene rings is 2. The zero-order valence-electron chi connectivity index (χ0n) is 14.7. The summed E-state index contributed by atoms with van der Waals surface area (Å²) in [5.74, 6) is 1.03. The second-order valence-corrected chi connectivity index (χ2v) is 8.93. The van der Waals surface area contributed by atoms with Crippen LogP contribution in [0.1, 0.15) is 15.2 Å². The number of carbonyl (C=O) groups excluding carboxylic acids is 1. The molecule has 1 aliphatic rings. The molecule has 3 heterocycles. The van der Waals surface area contributed by atoms with Crippen LogP contribution in [0.2, 0.25) is 0 Å². The fraction of sp³-hybridized carbons (Fsp3) is 0.105. The van der Waals surface area contributed by atoms with Crippen molar-refractivity contribution >= 4 is 61.9 Å². The maximum absolute atomic E-state index is 12.8. The number of carbonyl (C=O) groups is 1. The standard InChI is InChI=1S/C19H12BrN3O4S2/c20-10-2-3-12-11(6-10)17(24)22-16-15(29-19(28)23(12)16)18(25)21-7-9-1-4-13-14(5-9)27-8-26-13/h1-6H,7-8H2,(H,21,25)(H,22,24). The molecule has 0 saturated heterocycles. The molecule has 2 aromatic heterocycles. The van der Waals surface area contributed by atoms with E-state index in [2.05, 4.69) is 26.2 Å². The maximum Gasteiger partial charge on any atom is 0.265 e. The van der Waals surface area contributed by atoms with Crippen LogP contribution in [0.15, 0.2) is 45.7 Å². The minimum Gasteiger partial charge on any atom is -0.454 e. The van der Waals surface area contributed by atoms with E-state index in [4.69, 9.17) is 21.7 Å². The van der Waals surface area contributed by atoms with Crippen molar-refractivity contribution < 1.29 is 14.3 Å². The van der Waals surface area contributed by atoms with Gasteiger partial charge in [0, 0.05) is 11.0 Å². The Morgan fingerprint density at radius 1 is 1.24 bits per heavy atom. The van der Waals surface area contributed by atoms with Crippen LogP contribution in [0.25, 0.3) is 16.6 Å². The summed E-state index contributed by atoms with van der Waals surface area (Å²) in [4.78, 5) is 28.5. The van der Waals surface area contributed by atoms with Gasteiger partial charge in [-0.25, -0.2) is 0 Å². The fourth-order valence-electron chi connectivity index (χ4n) is 3.23. The molecule has 10 heteroatoms. The van der Waals surface area contributed by atoms with Gasteiger partial charge in [0.05, 0.1) is 10.9 Å². The van der Waals surface area contributed by atoms with E-state index in [-0.39, 0.29) is 18.3 Å². The predicted octanol–water partition coefficient (Wildman–Crippen LogP) is 3.99. The average Bonchev–Trinajstić information content (AvgIpc) is 3.30. The molecule has 2 aromatic carbocycles. The summed E-state index contributed by atoms with van der Waals surface area (Å²) in [5, 5.41) is 3.37. The topological polar surface area (TPSA) is 84.8 Å². The Morgan fingerprint density at radius 2 is 2.07 bits per heavy atom. The molecule has 1 aliphatic heterocycles. The van der Waals surface area contributed by atoms with Crippen LogP contribution < -0.4 is 20.3 Å². The fourth-order valence-corrected chi connectivity index (χ4v) is 4.89. The minimum absolute atomic E-state index is 0.197. The molecule has 0 fully saturated rings.